The van der Waals surface area contributed by atoms with Gasteiger partial charge in [0.2, 0.25) is 0 Å². The van der Waals surface area contributed by atoms with Crippen LogP contribution in [0.5, 0.6) is 0 Å². The Morgan fingerprint density at radius 3 is 2.35 bits per heavy atom. The van der Waals surface area contributed by atoms with Crippen LogP contribution in [0.1, 0.15) is 40.5 Å². The van der Waals surface area contributed by atoms with Crippen molar-refractivity contribution in [3.8, 4) is 0 Å². The molecule has 0 aromatic rings. The summed E-state index contributed by atoms with van der Waals surface area (Å²) in [6.07, 6.45) is 4.70. The van der Waals surface area contributed by atoms with E-state index in [1.165, 1.54) is 18.6 Å². The predicted octanol–water partition coefficient (Wildman–Crippen LogP) is 3.08. The normalized spacial score (nSPS) is 15.5. The summed E-state index contributed by atoms with van der Waals surface area (Å²) >= 11 is 1.95. The first-order chi connectivity index (χ1) is 8.04. The molecular formula is C14H32N2S. The highest BCUT2D eigenvalue weighted by atomic mass is 32.2. The zero-order valence-corrected chi connectivity index (χ0v) is 13.4. The SMILES string of the molecule is CCCNCC(C(C)C)N(C)C(C)CCSC. The Balaban J connectivity index is 4.17. The van der Waals surface area contributed by atoms with Crippen LogP contribution in [0.15, 0.2) is 0 Å². The lowest BCUT2D eigenvalue weighted by molar-refractivity contribution is 0.139. The fourth-order valence-electron chi connectivity index (χ4n) is 2.10. The molecule has 0 rings (SSSR count). The van der Waals surface area contributed by atoms with E-state index in [9.17, 15) is 0 Å². The fourth-order valence-corrected chi connectivity index (χ4v) is 2.67. The van der Waals surface area contributed by atoms with Crippen LogP contribution < -0.4 is 5.32 Å². The van der Waals surface area contributed by atoms with Gasteiger partial charge in [-0.1, -0.05) is 20.8 Å². The van der Waals surface area contributed by atoms with Crippen molar-refractivity contribution in [2.75, 3.05) is 32.1 Å². The van der Waals surface area contributed by atoms with Crippen molar-refractivity contribution in [2.24, 2.45) is 5.92 Å². The van der Waals surface area contributed by atoms with E-state index in [1.54, 1.807) is 0 Å². The second-order valence-corrected chi connectivity index (χ2v) is 6.30. The molecule has 2 nitrogen and oxygen atoms in total. The van der Waals surface area contributed by atoms with Crippen molar-refractivity contribution in [1.82, 2.24) is 10.2 Å². The van der Waals surface area contributed by atoms with Crippen molar-refractivity contribution in [2.45, 2.75) is 52.6 Å². The maximum absolute atomic E-state index is 3.56. The van der Waals surface area contributed by atoms with Crippen molar-refractivity contribution in [1.29, 1.82) is 0 Å². The molecule has 0 amide bonds. The number of hydrogen-bond donors (Lipinski definition) is 1. The molecule has 0 bridgehead atoms. The third-order valence-corrected chi connectivity index (χ3v) is 4.15. The molecular weight excluding hydrogens is 228 g/mol. The summed E-state index contributed by atoms with van der Waals surface area (Å²) in [5.41, 5.74) is 0. The van der Waals surface area contributed by atoms with Crippen LogP contribution in [0.25, 0.3) is 0 Å². The van der Waals surface area contributed by atoms with Gasteiger partial charge in [-0.05, 0) is 51.3 Å². The summed E-state index contributed by atoms with van der Waals surface area (Å²) in [6.45, 7) is 11.5. The molecule has 0 heterocycles. The van der Waals surface area contributed by atoms with Crippen molar-refractivity contribution in [3.63, 3.8) is 0 Å². The lowest BCUT2D eigenvalue weighted by atomic mass is 10.0. The van der Waals surface area contributed by atoms with Crippen LogP contribution in [0, 0.1) is 5.92 Å². The highest BCUT2D eigenvalue weighted by Crippen LogP contribution is 2.14. The Labute approximate surface area is 113 Å². The highest BCUT2D eigenvalue weighted by molar-refractivity contribution is 7.98. The molecule has 104 valence electrons. The van der Waals surface area contributed by atoms with Gasteiger partial charge in [0.15, 0.2) is 0 Å². The highest BCUT2D eigenvalue weighted by Gasteiger charge is 2.21. The summed E-state index contributed by atoms with van der Waals surface area (Å²) in [7, 11) is 2.28. The lowest BCUT2D eigenvalue weighted by Gasteiger charge is -2.36. The maximum Gasteiger partial charge on any atom is 0.0243 e. The van der Waals surface area contributed by atoms with Crippen LogP contribution in [-0.2, 0) is 0 Å². The van der Waals surface area contributed by atoms with Crippen LogP contribution in [0.3, 0.4) is 0 Å². The third-order valence-electron chi connectivity index (χ3n) is 3.51. The first kappa shape index (κ1) is 17.3. The van der Waals surface area contributed by atoms with E-state index in [2.05, 4.69) is 51.2 Å². The molecule has 0 saturated heterocycles. The molecule has 17 heavy (non-hydrogen) atoms. The van der Waals surface area contributed by atoms with Gasteiger partial charge in [0.05, 0.1) is 0 Å². The van der Waals surface area contributed by atoms with Gasteiger partial charge in [0, 0.05) is 18.6 Å². The zero-order chi connectivity index (χ0) is 13.3. The average Bonchev–Trinajstić information content (AvgIpc) is 2.30. The number of nitrogens with one attached hydrogen (secondary N) is 1. The summed E-state index contributed by atoms with van der Waals surface area (Å²) in [5, 5.41) is 3.56. The first-order valence-electron chi connectivity index (χ1n) is 6.96. The van der Waals surface area contributed by atoms with Crippen molar-refractivity contribution in [3.05, 3.63) is 0 Å². The predicted molar refractivity (Wildman–Crippen MR) is 82.0 cm³/mol. The summed E-state index contributed by atoms with van der Waals surface area (Å²) in [4.78, 5) is 2.56. The Bertz CT molecular complexity index is 174. The van der Waals surface area contributed by atoms with Gasteiger partial charge in [-0.2, -0.15) is 11.8 Å². The molecule has 3 heteroatoms. The molecule has 0 aliphatic rings. The van der Waals surface area contributed by atoms with Crippen LogP contribution >= 0.6 is 11.8 Å². The minimum absolute atomic E-state index is 0.651. The standard InChI is InChI=1S/C14H32N2S/c1-7-9-15-11-14(12(2)3)16(5)13(4)8-10-17-6/h12-15H,7-11H2,1-6H3. The molecule has 0 saturated carbocycles. The zero-order valence-electron chi connectivity index (χ0n) is 12.6. The van der Waals surface area contributed by atoms with E-state index in [4.69, 9.17) is 0 Å². The number of rotatable bonds is 10. The van der Waals surface area contributed by atoms with Crippen LogP contribution in [0.2, 0.25) is 0 Å². The molecule has 1 N–H and O–H groups in total. The van der Waals surface area contributed by atoms with E-state index in [1.807, 2.05) is 11.8 Å². The number of likely N-dealkylation sites (N-methyl/N-ethyl adjacent to an activating group) is 1. The van der Waals surface area contributed by atoms with Gasteiger partial charge in [-0.15, -0.1) is 0 Å². The molecule has 0 aliphatic carbocycles. The second kappa shape index (κ2) is 10.2. The smallest absolute Gasteiger partial charge is 0.0243 e. The topological polar surface area (TPSA) is 15.3 Å². The van der Waals surface area contributed by atoms with Gasteiger partial charge >= 0.3 is 0 Å². The van der Waals surface area contributed by atoms with E-state index in [0.717, 1.165) is 13.1 Å². The quantitative estimate of drug-likeness (QED) is 0.608. The number of hydrogen-bond acceptors (Lipinski definition) is 3. The first-order valence-corrected chi connectivity index (χ1v) is 8.35. The Morgan fingerprint density at radius 1 is 1.24 bits per heavy atom. The molecule has 0 spiro atoms. The third kappa shape index (κ3) is 7.32. The van der Waals surface area contributed by atoms with E-state index in [0.29, 0.717) is 18.0 Å². The van der Waals surface area contributed by atoms with E-state index < -0.39 is 0 Å². The lowest BCUT2D eigenvalue weighted by Crippen LogP contribution is -2.47. The van der Waals surface area contributed by atoms with Gasteiger partial charge in [-0.3, -0.25) is 4.90 Å². The van der Waals surface area contributed by atoms with Gasteiger partial charge in [0.1, 0.15) is 0 Å². The monoisotopic (exact) mass is 260 g/mol. The number of thioether (sulfide) groups is 1. The summed E-state index contributed by atoms with van der Waals surface area (Å²) in [6, 6.07) is 1.33. The molecule has 0 aromatic carbocycles. The van der Waals surface area contributed by atoms with Gasteiger partial charge in [-0.25, -0.2) is 0 Å². The molecule has 0 aliphatic heterocycles. The maximum atomic E-state index is 3.56. The fraction of sp³-hybridized carbons (Fsp3) is 1.00. The molecule has 0 aromatic heterocycles. The minimum Gasteiger partial charge on any atom is -0.315 e. The van der Waals surface area contributed by atoms with Crippen LogP contribution in [0.4, 0.5) is 0 Å². The molecule has 2 unspecified atom stereocenters. The number of nitrogens with zero attached hydrogens (tertiary/aromatic N) is 1. The average molecular weight is 260 g/mol. The minimum atomic E-state index is 0.651. The summed E-state index contributed by atoms with van der Waals surface area (Å²) in [5.74, 6) is 1.97. The van der Waals surface area contributed by atoms with E-state index >= 15 is 0 Å². The van der Waals surface area contributed by atoms with Crippen LogP contribution in [-0.4, -0.2) is 49.1 Å². The Kier molecular flexibility index (Phi) is 10.4. The molecule has 2 atom stereocenters. The summed E-state index contributed by atoms with van der Waals surface area (Å²) < 4.78 is 0. The van der Waals surface area contributed by atoms with E-state index in [-0.39, 0.29) is 0 Å². The van der Waals surface area contributed by atoms with Gasteiger partial charge in [0.25, 0.3) is 0 Å². The largest absolute Gasteiger partial charge is 0.315 e. The Morgan fingerprint density at radius 2 is 1.88 bits per heavy atom. The van der Waals surface area contributed by atoms with Crippen molar-refractivity contribution >= 4 is 11.8 Å². The molecule has 0 radical (unpaired) electrons. The Hall–Kier alpha value is 0.270. The molecule has 0 fully saturated rings. The van der Waals surface area contributed by atoms with Crippen molar-refractivity contribution < 1.29 is 0 Å². The second-order valence-electron chi connectivity index (χ2n) is 5.31. The van der Waals surface area contributed by atoms with Gasteiger partial charge < -0.3 is 5.32 Å².